The zero-order valence-electron chi connectivity index (χ0n) is 11.4. The third kappa shape index (κ3) is 3.30. The largest absolute Gasteiger partial charge is 0.366 e. The Morgan fingerprint density at radius 1 is 1.68 bits per heavy atom. The van der Waals surface area contributed by atoms with Crippen molar-refractivity contribution in [3.05, 3.63) is 11.6 Å². The van der Waals surface area contributed by atoms with Crippen molar-refractivity contribution in [1.29, 1.82) is 0 Å². The van der Waals surface area contributed by atoms with Crippen LogP contribution in [-0.2, 0) is 9.53 Å². The van der Waals surface area contributed by atoms with Gasteiger partial charge in [0.2, 0.25) is 5.91 Å². The van der Waals surface area contributed by atoms with Crippen molar-refractivity contribution in [2.45, 2.75) is 38.8 Å². The summed E-state index contributed by atoms with van der Waals surface area (Å²) < 4.78 is 5.62. The van der Waals surface area contributed by atoms with Crippen LogP contribution in [0, 0.1) is 6.92 Å². The van der Waals surface area contributed by atoms with E-state index in [0.29, 0.717) is 31.9 Å². The molecule has 2 unspecified atom stereocenters. The van der Waals surface area contributed by atoms with Gasteiger partial charge in [-0.15, -0.1) is 0 Å². The Labute approximate surface area is 112 Å². The first kappa shape index (κ1) is 14.0. The molecule has 1 aromatic heterocycles. The molecule has 1 aliphatic heterocycles. The fourth-order valence-corrected chi connectivity index (χ4v) is 2.18. The summed E-state index contributed by atoms with van der Waals surface area (Å²) in [4.78, 5) is 18.2. The summed E-state index contributed by atoms with van der Waals surface area (Å²) in [7, 11) is 0. The molecule has 2 rings (SSSR count). The summed E-state index contributed by atoms with van der Waals surface area (Å²) in [5, 5.41) is 6.87. The molecule has 1 amide bonds. The third-order valence-corrected chi connectivity index (χ3v) is 3.20. The number of nitrogens with two attached hydrogens (primary N) is 1. The summed E-state index contributed by atoms with van der Waals surface area (Å²) in [5.74, 6) is 1.33. The predicted molar refractivity (Wildman–Crippen MR) is 69.3 cm³/mol. The molecule has 3 N–H and O–H groups in total. The van der Waals surface area contributed by atoms with E-state index in [1.165, 1.54) is 0 Å². The number of carbonyl (C=O) groups excluding carboxylic acids is 1. The summed E-state index contributed by atoms with van der Waals surface area (Å²) in [6.45, 7) is 5.39. The molecule has 19 heavy (non-hydrogen) atoms. The second kappa shape index (κ2) is 6.12. The van der Waals surface area contributed by atoms with Crippen LogP contribution < -0.4 is 5.73 Å². The van der Waals surface area contributed by atoms with Gasteiger partial charge < -0.3 is 15.4 Å². The number of amides is 1. The number of ether oxygens (including phenoxy) is 1. The topological polar surface area (TPSA) is 97.1 Å². The van der Waals surface area contributed by atoms with Gasteiger partial charge in [-0.3, -0.25) is 9.89 Å². The Balaban J connectivity index is 1.99. The van der Waals surface area contributed by atoms with E-state index in [0.717, 1.165) is 12.2 Å². The summed E-state index contributed by atoms with van der Waals surface area (Å²) in [6.07, 6.45) is 1.35. The highest BCUT2D eigenvalue weighted by molar-refractivity contribution is 5.81. The predicted octanol–water partition coefficient (Wildman–Crippen LogP) is 0.140. The van der Waals surface area contributed by atoms with Crippen LogP contribution in [0.2, 0.25) is 0 Å². The number of nitrogens with one attached hydrogen (secondary N) is 1. The van der Waals surface area contributed by atoms with Crippen LogP contribution in [0.3, 0.4) is 0 Å². The summed E-state index contributed by atoms with van der Waals surface area (Å²) in [5.41, 5.74) is 5.88. The number of hydrogen-bond acceptors (Lipinski definition) is 5. The van der Waals surface area contributed by atoms with E-state index >= 15 is 0 Å². The van der Waals surface area contributed by atoms with Crippen molar-refractivity contribution >= 4 is 5.91 Å². The van der Waals surface area contributed by atoms with Crippen molar-refractivity contribution in [1.82, 2.24) is 20.1 Å². The van der Waals surface area contributed by atoms with Crippen LogP contribution in [0.1, 0.15) is 37.5 Å². The van der Waals surface area contributed by atoms with Crippen LogP contribution in [0.25, 0.3) is 0 Å². The third-order valence-electron chi connectivity index (χ3n) is 3.20. The van der Waals surface area contributed by atoms with E-state index in [-0.39, 0.29) is 12.0 Å². The fourth-order valence-electron chi connectivity index (χ4n) is 2.18. The highest BCUT2D eigenvalue weighted by Gasteiger charge is 2.29. The quantitative estimate of drug-likeness (QED) is 0.808. The molecule has 0 aliphatic carbocycles. The first-order valence-corrected chi connectivity index (χ1v) is 6.66. The molecule has 7 nitrogen and oxygen atoms in total. The van der Waals surface area contributed by atoms with Gasteiger partial charge in [0.1, 0.15) is 11.9 Å². The standard InChI is InChI=1S/C12H21N5O2/c1-3-4-9(13)12(18)17-5-6-19-10(7-17)11-14-8(2)15-16-11/h9-10H,3-7,13H2,1-2H3,(H,14,15,16). The van der Waals surface area contributed by atoms with Crippen molar-refractivity contribution < 1.29 is 9.53 Å². The maximum absolute atomic E-state index is 12.2. The van der Waals surface area contributed by atoms with E-state index in [1.807, 2.05) is 13.8 Å². The van der Waals surface area contributed by atoms with Gasteiger partial charge in [0, 0.05) is 6.54 Å². The Morgan fingerprint density at radius 2 is 2.47 bits per heavy atom. The van der Waals surface area contributed by atoms with Crippen LogP contribution in [0.15, 0.2) is 0 Å². The minimum Gasteiger partial charge on any atom is -0.366 e. The van der Waals surface area contributed by atoms with E-state index in [9.17, 15) is 4.79 Å². The van der Waals surface area contributed by atoms with Gasteiger partial charge in [0.15, 0.2) is 5.82 Å². The number of morpholine rings is 1. The molecule has 2 atom stereocenters. The zero-order valence-corrected chi connectivity index (χ0v) is 11.4. The fraction of sp³-hybridized carbons (Fsp3) is 0.750. The monoisotopic (exact) mass is 267 g/mol. The number of aromatic nitrogens is 3. The molecule has 1 aromatic rings. The lowest BCUT2D eigenvalue weighted by molar-refractivity contribution is -0.140. The average Bonchev–Trinajstić information content (AvgIpc) is 2.85. The number of nitrogens with zero attached hydrogens (tertiary/aromatic N) is 3. The number of carbonyl (C=O) groups is 1. The number of H-pyrrole nitrogens is 1. The van der Waals surface area contributed by atoms with E-state index in [4.69, 9.17) is 10.5 Å². The molecular formula is C12H21N5O2. The molecule has 0 radical (unpaired) electrons. The lowest BCUT2D eigenvalue weighted by Crippen LogP contribution is -2.49. The Hall–Kier alpha value is -1.47. The van der Waals surface area contributed by atoms with Crippen LogP contribution in [-0.4, -0.2) is 51.7 Å². The first-order chi connectivity index (χ1) is 9.11. The molecule has 0 bridgehead atoms. The minimum absolute atomic E-state index is 0.0117. The van der Waals surface area contributed by atoms with Crippen LogP contribution in [0.4, 0.5) is 0 Å². The van der Waals surface area contributed by atoms with Crippen molar-refractivity contribution in [2.24, 2.45) is 5.73 Å². The minimum atomic E-state index is -0.419. The molecule has 7 heteroatoms. The molecule has 1 fully saturated rings. The van der Waals surface area contributed by atoms with E-state index in [1.54, 1.807) is 4.90 Å². The average molecular weight is 267 g/mol. The maximum atomic E-state index is 12.2. The second-order valence-corrected chi connectivity index (χ2v) is 4.82. The lowest BCUT2D eigenvalue weighted by Gasteiger charge is -2.33. The molecule has 106 valence electrons. The van der Waals surface area contributed by atoms with Gasteiger partial charge >= 0.3 is 0 Å². The number of hydrogen-bond donors (Lipinski definition) is 2. The van der Waals surface area contributed by atoms with Gasteiger partial charge in [-0.1, -0.05) is 13.3 Å². The number of aryl methyl sites for hydroxylation is 1. The smallest absolute Gasteiger partial charge is 0.239 e. The summed E-state index contributed by atoms with van der Waals surface area (Å²) >= 11 is 0. The van der Waals surface area contributed by atoms with Gasteiger partial charge in [0.25, 0.3) is 0 Å². The lowest BCUT2D eigenvalue weighted by atomic mass is 10.1. The van der Waals surface area contributed by atoms with Gasteiger partial charge in [-0.05, 0) is 13.3 Å². The van der Waals surface area contributed by atoms with Gasteiger partial charge in [-0.25, -0.2) is 4.98 Å². The molecule has 0 spiro atoms. The highest BCUT2D eigenvalue weighted by atomic mass is 16.5. The number of rotatable bonds is 4. The first-order valence-electron chi connectivity index (χ1n) is 6.66. The normalized spacial score (nSPS) is 21.4. The Morgan fingerprint density at radius 3 is 3.11 bits per heavy atom. The molecule has 1 aliphatic rings. The number of aromatic amines is 1. The van der Waals surface area contributed by atoms with Gasteiger partial charge in [0.05, 0.1) is 19.2 Å². The van der Waals surface area contributed by atoms with Crippen molar-refractivity contribution in [2.75, 3.05) is 19.7 Å². The van der Waals surface area contributed by atoms with Crippen LogP contribution in [0.5, 0.6) is 0 Å². The van der Waals surface area contributed by atoms with E-state index in [2.05, 4.69) is 15.2 Å². The molecule has 0 aromatic carbocycles. The van der Waals surface area contributed by atoms with E-state index < -0.39 is 6.04 Å². The molecule has 0 saturated carbocycles. The Bertz CT molecular complexity index is 434. The van der Waals surface area contributed by atoms with Crippen molar-refractivity contribution in [3.8, 4) is 0 Å². The molecular weight excluding hydrogens is 246 g/mol. The summed E-state index contributed by atoms with van der Waals surface area (Å²) in [6, 6.07) is -0.419. The second-order valence-electron chi connectivity index (χ2n) is 4.82. The maximum Gasteiger partial charge on any atom is 0.239 e. The van der Waals surface area contributed by atoms with Gasteiger partial charge in [-0.2, -0.15) is 5.10 Å². The SMILES string of the molecule is CCCC(N)C(=O)N1CCOC(c2n[nH]c(C)n2)C1. The molecule has 1 saturated heterocycles. The van der Waals surface area contributed by atoms with Crippen LogP contribution >= 0.6 is 0 Å². The highest BCUT2D eigenvalue weighted by Crippen LogP contribution is 2.19. The van der Waals surface area contributed by atoms with Crippen molar-refractivity contribution in [3.63, 3.8) is 0 Å². The Kier molecular flexibility index (Phi) is 4.49. The molecule has 2 heterocycles. The zero-order chi connectivity index (χ0) is 13.8.